The summed E-state index contributed by atoms with van der Waals surface area (Å²) in [5, 5.41) is 10.7. The summed E-state index contributed by atoms with van der Waals surface area (Å²) in [6.07, 6.45) is 4.16. The molecule has 1 amide bonds. The van der Waals surface area contributed by atoms with Crippen molar-refractivity contribution in [1.82, 2.24) is 20.4 Å². The molecule has 1 aliphatic heterocycles. The largest absolute Gasteiger partial charge is 0.337 e. The van der Waals surface area contributed by atoms with Crippen molar-refractivity contribution in [1.29, 1.82) is 0 Å². The summed E-state index contributed by atoms with van der Waals surface area (Å²) >= 11 is 0. The van der Waals surface area contributed by atoms with E-state index in [-0.39, 0.29) is 5.91 Å². The van der Waals surface area contributed by atoms with Gasteiger partial charge in [0.2, 0.25) is 0 Å². The minimum atomic E-state index is 0.0332. The Bertz CT molecular complexity index is 929. The zero-order valence-corrected chi connectivity index (χ0v) is 16.2. The number of hydrogen-bond donors (Lipinski definition) is 2. The number of H-pyrrole nitrogens is 1. The third kappa shape index (κ3) is 3.99. The predicted molar refractivity (Wildman–Crippen MR) is 111 cm³/mol. The van der Waals surface area contributed by atoms with Crippen molar-refractivity contribution in [2.24, 2.45) is 0 Å². The van der Waals surface area contributed by atoms with E-state index >= 15 is 0 Å². The highest BCUT2D eigenvalue weighted by Gasteiger charge is 2.19. The Balaban J connectivity index is 1.50. The molecule has 1 aromatic heterocycles. The fourth-order valence-corrected chi connectivity index (χ4v) is 3.90. The molecule has 1 fully saturated rings. The second kappa shape index (κ2) is 8.40. The fourth-order valence-electron chi connectivity index (χ4n) is 3.90. The lowest BCUT2D eigenvalue weighted by molar-refractivity contribution is 0.0785. The Kier molecular flexibility index (Phi) is 5.53. The van der Waals surface area contributed by atoms with Crippen LogP contribution in [0.4, 0.5) is 0 Å². The van der Waals surface area contributed by atoms with Gasteiger partial charge >= 0.3 is 0 Å². The number of aromatic nitrogens is 2. The molecule has 1 atom stereocenters. The molecule has 0 aliphatic carbocycles. The van der Waals surface area contributed by atoms with Crippen LogP contribution in [0.15, 0.2) is 60.8 Å². The average molecular weight is 374 g/mol. The standard InChI is InChI=1S/C23H26N4O/c1-27(16-21-15-25-26-22(21)17-7-3-2-4-8-17)23(28)19-10-5-9-18(13-19)20-11-6-12-24-14-20/h2-5,7-10,13,15,20,24H,6,11-12,14,16H2,1H3,(H,25,26)/t20-/m1/s1. The number of carbonyl (C=O) groups excluding carboxylic acids is 1. The Hall–Kier alpha value is -2.92. The number of carbonyl (C=O) groups is 1. The quantitative estimate of drug-likeness (QED) is 0.714. The lowest BCUT2D eigenvalue weighted by atomic mass is 9.90. The Morgan fingerprint density at radius 3 is 2.82 bits per heavy atom. The molecule has 0 saturated carbocycles. The normalized spacial score (nSPS) is 16.7. The molecule has 28 heavy (non-hydrogen) atoms. The van der Waals surface area contributed by atoms with Gasteiger partial charge in [0.05, 0.1) is 11.9 Å². The number of aromatic amines is 1. The lowest BCUT2D eigenvalue weighted by Gasteiger charge is -2.24. The molecular weight excluding hydrogens is 348 g/mol. The molecule has 4 rings (SSSR count). The molecule has 2 heterocycles. The topological polar surface area (TPSA) is 61.0 Å². The van der Waals surface area contributed by atoms with Crippen LogP contribution in [-0.4, -0.2) is 41.1 Å². The van der Waals surface area contributed by atoms with Crippen molar-refractivity contribution in [2.45, 2.75) is 25.3 Å². The molecule has 144 valence electrons. The summed E-state index contributed by atoms with van der Waals surface area (Å²) in [5.41, 5.74) is 5.04. The molecule has 1 aliphatic rings. The van der Waals surface area contributed by atoms with E-state index in [1.165, 1.54) is 18.4 Å². The van der Waals surface area contributed by atoms with Crippen LogP contribution in [0.25, 0.3) is 11.3 Å². The number of piperidine rings is 1. The van der Waals surface area contributed by atoms with Crippen molar-refractivity contribution in [3.63, 3.8) is 0 Å². The van der Waals surface area contributed by atoms with Crippen LogP contribution in [-0.2, 0) is 6.54 Å². The van der Waals surface area contributed by atoms with Crippen LogP contribution in [0.1, 0.15) is 40.2 Å². The first-order valence-corrected chi connectivity index (χ1v) is 9.86. The summed E-state index contributed by atoms with van der Waals surface area (Å²) in [7, 11) is 1.85. The molecule has 3 aromatic rings. The SMILES string of the molecule is CN(Cc1cn[nH]c1-c1ccccc1)C(=O)c1cccc([C@@H]2CCCNC2)c1. The summed E-state index contributed by atoms with van der Waals surface area (Å²) in [6, 6.07) is 18.2. The zero-order valence-electron chi connectivity index (χ0n) is 16.2. The maximum absolute atomic E-state index is 13.0. The van der Waals surface area contributed by atoms with Gasteiger partial charge in [-0.1, -0.05) is 42.5 Å². The van der Waals surface area contributed by atoms with E-state index in [2.05, 4.69) is 27.6 Å². The highest BCUT2D eigenvalue weighted by molar-refractivity contribution is 5.94. The average Bonchev–Trinajstić information content (AvgIpc) is 3.22. The van der Waals surface area contributed by atoms with Gasteiger partial charge < -0.3 is 10.2 Å². The molecule has 0 radical (unpaired) electrons. The third-order valence-electron chi connectivity index (χ3n) is 5.44. The first-order chi connectivity index (χ1) is 13.7. The van der Waals surface area contributed by atoms with Gasteiger partial charge in [-0.2, -0.15) is 5.10 Å². The molecule has 0 unspecified atom stereocenters. The van der Waals surface area contributed by atoms with Crippen LogP contribution < -0.4 is 5.32 Å². The number of hydrogen-bond acceptors (Lipinski definition) is 3. The van der Waals surface area contributed by atoms with E-state index in [9.17, 15) is 4.79 Å². The lowest BCUT2D eigenvalue weighted by Crippen LogP contribution is -2.29. The number of benzene rings is 2. The number of nitrogens with one attached hydrogen (secondary N) is 2. The molecule has 2 aromatic carbocycles. The van der Waals surface area contributed by atoms with Gasteiger partial charge in [-0.25, -0.2) is 0 Å². The first-order valence-electron chi connectivity index (χ1n) is 9.86. The van der Waals surface area contributed by atoms with Gasteiger partial charge in [0.15, 0.2) is 0 Å². The van der Waals surface area contributed by atoms with Crippen LogP contribution in [0, 0.1) is 0 Å². The van der Waals surface area contributed by atoms with Crippen molar-refractivity contribution in [2.75, 3.05) is 20.1 Å². The van der Waals surface area contributed by atoms with Gasteiger partial charge in [0.25, 0.3) is 5.91 Å². The van der Waals surface area contributed by atoms with E-state index < -0.39 is 0 Å². The fraction of sp³-hybridized carbons (Fsp3) is 0.304. The highest BCUT2D eigenvalue weighted by Crippen LogP contribution is 2.25. The molecule has 5 nitrogen and oxygen atoms in total. The van der Waals surface area contributed by atoms with Gasteiger partial charge in [-0.3, -0.25) is 9.89 Å². The maximum atomic E-state index is 13.0. The van der Waals surface area contributed by atoms with E-state index in [4.69, 9.17) is 0 Å². The number of nitrogens with zero attached hydrogens (tertiary/aromatic N) is 2. The second-order valence-corrected chi connectivity index (χ2v) is 7.47. The number of amides is 1. The van der Waals surface area contributed by atoms with Crippen molar-refractivity contribution in [3.8, 4) is 11.3 Å². The maximum Gasteiger partial charge on any atom is 0.253 e. The Morgan fingerprint density at radius 1 is 1.18 bits per heavy atom. The molecule has 0 spiro atoms. The van der Waals surface area contributed by atoms with Gasteiger partial charge in [0.1, 0.15) is 0 Å². The first kappa shape index (κ1) is 18.4. The van der Waals surface area contributed by atoms with Crippen molar-refractivity contribution in [3.05, 3.63) is 77.5 Å². The Labute approximate surface area is 165 Å². The summed E-state index contributed by atoms with van der Waals surface area (Å²) < 4.78 is 0. The molecule has 0 bridgehead atoms. The minimum Gasteiger partial charge on any atom is -0.337 e. The molecule has 1 saturated heterocycles. The van der Waals surface area contributed by atoms with E-state index in [1.807, 2.05) is 49.5 Å². The van der Waals surface area contributed by atoms with E-state index in [1.54, 1.807) is 11.1 Å². The zero-order chi connectivity index (χ0) is 19.3. The summed E-state index contributed by atoms with van der Waals surface area (Å²) in [4.78, 5) is 14.8. The van der Waals surface area contributed by atoms with Crippen LogP contribution in [0.5, 0.6) is 0 Å². The Morgan fingerprint density at radius 2 is 2.04 bits per heavy atom. The van der Waals surface area contributed by atoms with Crippen LogP contribution in [0.3, 0.4) is 0 Å². The molecule has 5 heteroatoms. The van der Waals surface area contributed by atoms with Gasteiger partial charge in [0, 0.05) is 31.3 Å². The predicted octanol–water partition coefficient (Wildman–Crippen LogP) is 3.82. The van der Waals surface area contributed by atoms with Crippen molar-refractivity contribution < 1.29 is 4.79 Å². The molecular formula is C23H26N4O. The van der Waals surface area contributed by atoms with Gasteiger partial charge in [-0.15, -0.1) is 0 Å². The van der Waals surface area contributed by atoms with Crippen molar-refractivity contribution >= 4 is 5.91 Å². The number of rotatable bonds is 5. The van der Waals surface area contributed by atoms with Gasteiger partial charge in [-0.05, 0) is 48.6 Å². The van der Waals surface area contributed by atoms with Crippen LogP contribution in [0.2, 0.25) is 0 Å². The summed E-state index contributed by atoms with van der Waals surface area (Å²) in [5.74, 6) is 0.524. The third-order valence-corrected chi connectivity index (χ3v) is 5.44. The van der Waals surface area contributed by atoms with Crippen LogP contribution >= 0.6 is 0 Å². The summed E-state index contributed by atoms with van der Waals surface area (Å²) in [6.45, 7) is 2.59. The van der Waals surface area contributed by atoms with E-state index in [0.29, 0.717) is 12.5 Å². The smallest absolute Gasteiger partial charge is 0.253 e. The monoisotopic (exact) mass is 374 g/mol. The highest BCUT2D eigenvalue weighted by atomic mass is 16.2. The molecule has 2 N–H and O–H groups in total. The minimum absolute atomic E-state index is 0.0332. The second-order valence-electron chi connectivity index (χ2n) is 7.47. The van der Waals surface area contributed by atoms with E-state index in [0.717, 1.165) is 35.5 Å².